The molecular weight excluding hydrogens is 2250 g/mol. The van der Waals surface area contributed by atoms with Gasteiger partial charge in [-0.3, -0.25) is 79.9 Å². The zero-order valence-electron chi connectivity index (χ0n) is 103. The Hall–Kier alpha value is -1.87. The molecule has 0 aromatic heterocycles. The Balaban J connectivity index is -0.0000000502. The number of aliphatic imine (C=N–C) groups is 16. The molecule has 0 aliphatic rings. The van der Waals surface area contributed by atoms with E-state index in [0.29, 0.717) is 25.7 Å². The van der Waals surface area contributed by atoms with E-state index in [-0.39, 0.29) is 158 Å². The van der Waals surface area contributed by atoms with Crippen LogP contribution in [0.25, 0.3) is 0 Å². The van der Waals surface area contributed by atoms with Crippen molar-refractivity contribution >= 4 is 99.4 Å². The normalized spacial score (nSPS) is 15.0. The van der Waals surface area contributed by atoms with Gasteiger partial charge in [0.05, 0.1) is 89.6 Å². The summed E-state index contributed by atoms with van der Waals surface area (Å²) in [6.07, 6.45) is 35.1. The van der Waals surface area contributed by atoms with E-state index in [2.05, 4.69) is 108 Å². The standard InChI is InChI=1S/4C8H17NO.6C7H15NO.4C6H13NO.2C5H11NO.8Co/c2*1-5-8(4,10)6-9-7(2)3;2*1-4-6-9-7-8(3,10)5-2;2*1-6(2)8-5-7(3,4)9;2*1-4-5-8-6-7(2,3)9;2*1-4-7(3,9)6-8-5-2;2*1-4-6(2,8)5-7-3;2*1-4-7-5-6(2,3)8;2*1-5(2,7)4-6-3;;;;;;;;/h2*6-7,10H,5H2,1-4H3;2*7,10H,4-6H2,1-3H3;2*5-6,9H,1-4H3;4*6,9H,4-5H2,1-3H3;4*5,8H,4H2,1-3H3;2*4,7H,1-3H3;;;;;;;;. The van der Waals surface area contributed by atoms with Gasteiger partial charge in [-0.25, -0.2) is 0 Å². The van der Waals surface area contributed by atoms with Gasteiger partial charge in [0.15, 0.2) is 0 Å². The fourth-order valence-corrected chi connectivity index (χ4v) is 6.02. The van der Waals surface area contributed by atoms with Crippen molar-refractivity contribution in [1.29, 1.82) is 0 Å². The molecule has 8 unspecified atom stereocenters. The number of nitrogens with zero attached hydrogens (tertiary/aromatic N) is 16. The zero-order valence-corrected chi connectivity index (χ0v) is 111. The van der Waals surface area contributed by atoms with E-state index >= 15 is 0 Å². The van der Waals surface area contributed by atoms with Crippen molar-refractivity contribution in [3.05, 3.63) is 0 Å². The molecule has 0 saturated carbocycles. The van der Waals surface area contributed by atoms with Gasteiger partial charge in [0.1, 0.15) is 0 Å². The predicted octanol–water partition coefficient (Wildman–Crippen LogP) is 18.2. The number of aliphatic hydroxyl groups is 16. The summed E-state index contributed by atoms with van der Waals surface area (Å²) in [5.74, 6) is 0. The van der Waals surface area contributed by atoms with E-state index in [1.165, 1.54) is 12.4 Å². The first-order valence-corrected chi connectivity index (χ1v) is 50.4. The summed E-state index contributed by atoms with van der Waals surface area (Å²) >= 11 is 0. The fraction of sp³-hybridized carbons (Fsp3) is 0.852. The molecule has 0 saturated heterocycles. The van der Waals surface area contributed by atoms with Crippen LogP contribution in [0.2, 0.25) is 0 Å². The first kappa shape index (κ1) is 206. The van der Waals surface area contributed by atoms with Gasteiger partial charge in [-0.1, -0.05) is 83.1 Å². The molecule has 0 bridgehead atoms. The number of hydrogen-bond acceptors (Lipinski definition) is 32. The van der Waals surface area contributed by atoms with Crippen molar-refractivity contribution in [3.8, 4) is 0 Å². The monoisotopic (exact) mass is 2480 g/mol. The van der Waals surface area contributed by atoms with E-state index in [0.717, 1.165) is 104 Å². The maximum absolute atomic E-state index is 9.42. The number of rotatable bonds is 40. The Kier molecular flexibility index (Phi) is 168. The average Bonchev–Trinajstić information content (AvgIpc) is 0.943. The maximum Gasteiger partial charge on any atom is 0.0962 e. The van der Waals surface area contributed by atoms with Gasteiger partial charge in [-0.2, -0.15) is 0 Å². The largest absolute Gasteiger partial charge is 0.385 e. The van der Waals surface area contributed by atoms with Gasteiger partial charge < -0.3 is 81.7 Å². The summed E-state index contributed by atoms with van der Waals surface area (Å²) in [5.41, 5.74) is -11.6. The minimum atomic E-state index is -0.760. The summed E-state index contributed by atoms with van der Waals surface area (Å²) < 4.78 is 0. The van der Waals surface area contributed by atoms with E-state index in [1.54, 1.807) is 281 Å². The Morgan fingerprint density at radius 2 is 0.277 bits per heavy atom. The smallest absolute Gasteiger partial charge is 0.0962 e. The Morgan fingerprint density at radius 1 is 0.162 bits per heavy atom. The van der Waals surface area contributed by atoms with Crippen LogP contribution in [0.1, 0.15) is 409 Å². The molecule has 40 heteroatoms. The van der Waals surface area contributed by atoms with E-state index < -0.39 is 89.6 Å². The molecule has 0 aliphatic heterocycles. The van der Waals surface area contributed by atoms with Gasteiger partial charge in [0.2, 0.25) is 0 Å². The minimum Gasteiger partial charge on any atom is -0.385 e. The first-order valence-electron chi connectivity index (χ1n) is 50.4. The maximum atomic E-state index is 9.42. The van der Waals surface area contributed by atoms with Crippen molar-refractivity contribution < 1.29 is 216 Å². The molecule has 148 heavy (non-hydrogen) atoms. The van der Waals surface area contributed by atoms with Gasteiger partial charge in [-0.15, -0.1) is 0 Å². The molecule has 0 heterocycles. The molecule has 0 fully saturated rings. The number of hydrogen-bond donors (Lipinski definition) is 16. The fourth-order valence-electron chi connectivity index (χ4n) is 6.02. The van der Waals surface area contributed by atoms with Crippen LogP contribution in [-0.4, -0.2) is 375 Å². The van der Waals surface area contributed by atoms with E-state index in [1.807, 2.05) is 138 Å². The molecule has 0 spiro atoms. The van der Waals surface area contributed by atoms with Gasteiger partial charge in [-0.05, 0) is 326 Å². The van der Waals surface area contributed by atoms with Crippen LogP contribution in [0.4, 0.5) is 0 Å². The quantitative estimate of drug-likeness (QED) is 0.0253. The van der Waals surface area contributed by atoms with Crippen LogP contribution >= 0.6 is 0 Å². The van der Waals surface area contributed by atoms with Crippen molar-refractivity contribution in [2.24, 2.45) is 79.9 Å². The molecule has 0 amide bonds. The average molecular weight is 2480 g/mol. The zero-order chi connectivity index (χ0) is 115. The molecule has 0 aromatic rings. The second-order valence-corrected chi connectivity index (χ2v) is 40.6. The van der Waals surface area contributed by atoms with E-state index in [9.17, 15) is 40.9 Å². The second kappa shape index (κ2) is 121. The molecule has 912 valence electrons. The summed E-state index contributed by atoms with van der Waals surface area (Å²) in [6.45, 7) is 94.8. The molecule has 0 rings (SSSR count). The molecular formula is C108H232Co8N16O16. The van der Waals surface area contributed by atoms with Crippen LogP contribution in [0.5, 0.6) is 0 Å². The molecule has 32 nitrogen and oxygen atoms in total. The van der Waals surface area contributed by atoms with Gasteiger partial charge in [0.25, 0.3) is 0 Å². The third-order valence-electron chi connectivity index (χ3n) is 15.4. The third kappa shape index (κ3) is 262. The van der Waals surface area contributed by atoms with E-state index in [4.69, 9.17) is 40.9 Å². The Morgan fingerprint density at radius 3 is 0.372 bits per heavy atom. The molecule has 0 aliphatic carbocycles. The van der Waals surface area contributed by atoms with Crippen LogP contribution in [-0.2, 0) is 134 Å². The van der Waals surface area contributed by atoms with Crippen molar-refractivity contribution in [1.82, 2.24) is 0 Å². The van der Waals surface area contributed by atoms with Crippen molar-refractivity contribution in [2.45, 2.75) is 523 Å². The van der Waals surface area contributed by atoms with Crippen molar-refractivity contribution in [2.75, 3.05) is 80.5 Å². The SMILES string of the molecule is CC(C)N=CC(C)(C)O.CC(C)N=CC(C)(C)O.CCC(C)(O)C=NC.CCC(C)(O)C=NC.CCC(C)(O)C=NC(C)C.CCC(C)(O)C=NC(C)C.CCCN=CC(C)(C)O.CCCN=CC(C)(C)O.CCCN=CC(C)(O)CC.CCCN=CC(C)(O)CC.CCN=CC(C)(C)O.CCN=CC(C)(C)O.CCN=CC(C)(O)CC.CCN=CC(C)(O)CC.CN=CC(C)(C)O.CN=CC(C)(C)O.[Co].[Co].[Co].[Co].[Co].[Co].[Co].[Co]. The summed E-state index contributed by atoms with van der Waals surface area (Å²) in [6, 6.07) is 1.10. The third-order valence-corrected chi connectivity index (χ3v) is 15.4. The molecule has 0 aromatic carbocycles. The van der Waals surface area contributed by atoms with Gasteiger partial charge >= 0.3 is 0 Å². The summed E-state index contributed by atoms with van der Waals surface area (Å²) in [7, 11) is 6.59. The minimum absolute atomic E-state index is 0. The van der Waals surface area contributed by atoms with Crippen LogP contribution in [0, 0.1) is 0 Å². The van der Waals surface area contributed by atoms with Gasteiger partial charge in [0, 0.05) is 338 Å². The topological polar surface area (TPSA) is 521 Å². The molecule has 8 radical (unpaired) electrons. The molecule has 8 atom stereocenters. The van der Waals surface area contributed by atoms with Crippen LogP contribution in [0.3, 0.4) is 0 Å². The van der Waals surface area contributed by atoms with Crippen LogP contribution in [0.15, 0.2) is 79.9 Å². The Labute approximate surface area is 990 Å². The first-order chi connectivity index (χ1) is 62.9. The predicted molar refractivity (Wildman–Crippen MR) is 621 cm³/mol. The van der Waals surface area contributed by atoms with Crippen LogP contribution < -0.4 is 0 Å². The summed E-state index contributed by atoms with van der Waals surface area (Å²) in [4.78, 5) is 62.6. The van der Waals surface area contributed by atoms with Crippen molar-refractivity contribution in [3.63, 3.8) is 0 Å². The summed E-state index contributed by atoms with van der Waals surface area (Å²) in [5, 5.41) is 147. The second-order valence-electron chi connectivity index (χ2n) is 40.6. The molecule has 16 N–H and O–H groups in total. The Bertz CT molecular complexity index is 3000.